The monoisotopic (exact) mass is 286 g/mol. The Morgan fingerprint density at radius 3 is 2.50 bits per heavy atom. The number of alkyl halides is 3. The van der Waals surface area contributed by atoms with Gasteiger partial charge in [0.05, 0.1) is 11.7 Å². The SMILES string of the molecule is OC1CC2(CCCCC2)Oc2cc(C(F)(F)F)ccc21. The molecule has 1 aromatic rings. The fourth-order valence-electron chi connectivity index (χ4n) is 3.31. The van der Waals surface area contributed by atoms with E-state index in [2.05, 4.69) is 0 Å². The van der Waals surface area contributed by atoms with Crippen molar-refractivity contribution >= 4 is 0 Å². The standard InChI is InChI=1S/C15H17F3O2/c16-15(17,18)10-4-5-11-12(19)9-14(20-13(11)8-10)6-2-1-3-7-14/h4-5,8,12,19H,1-3,6-7,9H2. The summed E-state index contributed by atoms with van der Waals surface area (Å²) in [5.74, 6) is 0.195. The van der Waals surface area contributed by atoms with Crippen LogP contribution in [0.25, 0.3) is 0 Å². The highest BCUT2D eigenvalue weighted by atomic mass is 19.4. The van der Waals surface area contributed by atoms with Gasteiger partial charge in [-0.15, -0.1) is 0 Å². The third-order valence-electron chi connectivity index (χ3n) is 4.36. The second-order valence-electron chi connectivity index (χ2n) is 5.82. The first-order chi connectivity index (χ1) is 9.40. The van der Waals surface area contributed by atoms with Crippen LogP contribution in [0.5, 0.6) is 5.75 Å². The average molecular weight is 286 g/mol. The normalized spacial score (nSPS) is 25.1. The van der Waals surface area contributed by atoms with E-state index < -0.39 is 23.4 Å². The molecule has 1 aliphatic heterocycles. The molecule has 0 radical (unpaired) electrons. The number of aliphatic hydroxyl groups is 1. The minimum absolute atomic E-state index is 0.195. The lowest BCUT2D eigenvalue weighted by Crippen LogP contribution is -2.42. The Morgan fingerprint density at radius 2 is 1.85 bits per heavy atom. The van der Waals surface area contributed by atoms with Gasteiger partial charge in [-0.3, -0.25) is 0 Å². The Labute approximate surface area is 115 Å². The van der Waals surface area contributed by atoms with Gasteiger partial charge in [0.2, 0.25) is 0 Å². The first-order valence-corrected chi connectivity index (χ1v) is 6.98. The second-order valence-corrected chi connectivity index (χ2v) is 5.82. The number of ether oxygens (including phenoxy) is 1. The van der Waals surface area contributed by atoms with Crippen molar-refractivity contribution in [1.29, 1.82) is 0 Å². The Balaban J connectivity index is 1.96. The molecule has 3 rings (SSSR count). The molecule has 1 atom stereocenters. The molecule has 1 unspecified atom stereocenters. The molecule has 5 heteroatoms. The van der Waals surface area contributed by atoms with Crippen LogP contribution in [0, 0.1) is 0 Å². The van der Waals surface area contributed by atoms with Gasteiger partial charge in [0.15, 0.2) is 0 Å². The summed E-state index contributed by atoms with van der Waals surface area (Å²) in [5, 5.41) is 10.2. The zero-order chi connectivity index (χ0) is 14.4. The van der Waals surface area contributed by atoms with Crippen molar-refractivity contribution in [2.24, 2.45) is 0 Å². The fraction of sp³-hybridized carbons (Fsp3) is 0.600. The lowest BCUT2D eigenvalue weighted by atomic mass is 9.78. The molecule has 1 heterocycles. The van der Waals surface area contributed by atoms with E-state index in [1.807, 2.05) is 0 Å². The molecule has 0 aromatic heterocycles. The number of fused-ring (bicyclic) bond motifs is 1. The van der Waals surface area contributed by atoms with Crippen molar-refractivity contribution < 1.29 is 23.0 Å². The van der Waals surface area contributed by atoms with E-state index in [0.29, 0.717) is 12.0 Å². The third kappa shape index (κ3) is 2.39. The van der Waals surface area contributed by atoms with Crippen LogP contribution in [0.15, 0.2) is 18.2 Å². The largest absolute Gasteiger partial charge is 0.487 e. The zero-order valence-corrected chi connectivity index (χ0v) is 11.0. The molecular weight excluding hydrogens is 269 g/mol. The molecule has 0 saturated heterocycles. The highest BCUT2D eigenvalue weighted by molar-refractivity contribution is 5.42. The van der Waals surface area contributed by atoms with Gasteiger partial charge in [-0.2, -0.15) is 13.2 Å². The number of halogens is 3. The van der Waals surface area contributed by atoms with E-state index in [4.69, 9.17) is 4.74 Å². The van der Waals surface area contributed by atoms with Crippen molar-refractivity contribution in [3.8, 4) is 5.75 Å². The molecule has 0 bridgehead atoms. The molecule has 1 saturated carbocycles. The van der Waals surface area contributed by atoms with Gasteiger partial charge in [-0.25, -0.2) is 0 Å². The quantitative estimate of drug-likeness (QED) is 0.773. The Kier molecular flexibility index (Phi) is 3.20. The van der Waals surface area contributed by atoms with Crippen LogP contribution < -0.4 is 4.74 Å². The van der Waals surface area contributed by atoms with Crippen molar-refractivity contribution in [2.45, 2.75) is 56.4 Å². The van der Waals surface area contributed by atoms with Gasteiger partial charge in [-0.1, -0.05) is 12.5 Å². The van der Waals surface area contributed by atoms with Crippen LogP contribution in [0.4, 0.5) is 13.2 Å². The summed E-state index contributed by atoms with van der Waals surface area (Å²) < 4.78 is 44.2. The molecule has 1 spiro atoms. The first kappa shape index (κ1) is 13.7. The number of benzene rings is 1. The topological polar surface area (TPSA) is 29.5 Å². The molecule has 1 N–H and O–H groups in total. The summed E-state index contributed by atoms with van der Waals surface area (Å²) in [6, 6.07) is 3.36. The second kappa shape index (κ2) is 4.65. The van der Waals surface area contributed by atoms with E-state index in [-0.39, 0.29) is 5.75 Å². The Bertz CT molecular complexity index is 504. The predicted octanol–water partition coefficient (Wildman–Crippen LogP) is 4.22. The van der Waals surface area contributed by atoms with Gasteiger partial charge in [0.1, 0.15) is 11.4 Å². The van der Waals surface area contributed by atoms with E-state index in [1.54, 1.807) is 0 Å². The van der Waals surface area contributed by atoms with Gasteiger partial charge in [0, 0.05) is 12.0 Å². The lowest BCUT2D eigenvalue weighted by molar-refractivity contribution is -0.138. The molecule has 1 fully saturated rings. The van der Waals surface area contributed by atoms with Gasteiger partial charge in [-0.05, 0) is 37.8 Å². The molecule has 110 valence electrons. The zero-order valence-electron chi connectivity index (χ0n) is 11.0. The van der Waals surface area contributed by atoms with Crippen molar-refractivity contribution in [3.63, 3.8) is 0 Å². The van der Waals surface area contributed by atoms with Crippen LogP contribution in [0.3, 0.4) is 0 Å². The average Bonchev–Trinajstić information content (AvgIpc) is 2.37. The van der Waals surface area contributed by atoms with Crippen LogP contribution in [-0.4, -0.2) is 10.7 Å². The smallest absolute Gasteiger partial charge is 0.416 e. The molecule has 0 amide bonds. The van der Waals surface area contributed by atoms with E-state index in [1.165, 1.54) is 6.07 Å². The summed E-state index contributed by atoms with van der Waals surface area (Å²) in [4.78, 5) is 0. The highest BCUT2D eigenvalue weighted by Gasteiger charge is 2.42. The highest BCUT2D eigenvalue weighted by Crippen LogP contribution is 2.47. The summed E-state index contributed by atoms with van der Waals surface area (Å²) in [6.07, 6.45) is 0.0866. The van der Waals surface area contributed by atoms with E-state index in [0.717, 1.165) is 44.2 Å². The molecule has 1 aromatic carbocycles. The Hall–Kier alpha value is -1.23. The minimum atomic E-state index is -4.39. The number of hydrogen-bond acceptors (Lipinski definition) is 2. The minimum Gasteiger partial charge on any atom is -0.487 e. The maximum Gasteiger partial charge on any atom is 0.416 e. The summed E-state index contributed by atoms with van der Waals surface area (Å²) in [5.41, 5.74) is -0.736. The summed E-state index contributed by atoms with van der Waals surface area (Å²) in [6.45, 7) is 0. The van der Waals surface area contributed by atoms with E-state index in [9.17, 15) is 18.3 Å². The number of hydrogen-bond donors (Lipinski definition) is 1. The maximum absolute atomic E-state index is 12.8. The van der Waals surface area contributed by atoms with Crippen LogP contribution in [0.1, 0.15) is 55.8 Å². The first-order valence-electron chi connectivity index (χ1n) is 6.98. The molecule has 1 aliphatic carbocycles. The summed E-state index contributed by atoms with van der Waals surface area (Å²) >= 11 is 0. The third-order valence-corrected chi connectivity index (χ3v) is 4.36. The van der Waals surface area contributed by atoms with Gasteiger partial charge < -0.3 is 9.84 Å². The van der Waals surface area contributed by atoms with Crippen LogP contribution >= 0.6 is 0 Å². The van der Waals surface area contributed by atoms with Crippen LogP contribution in [-0.2, 0) is 6.18 Å². The van der Waals surface area contributed by atoms with Crippen molar-refractivity contribution in [2.75, 3.05) is 0 Å². The van der Waals surface area contributed by atoms with Crippen LogP contribution in [0.2, 0.25) is 0 Å². The molecule has 2 nitrogen and oxygen atoms in total. The van der Waals surface area contributed by atoms with E-state index >= 15 is 0 Å². The van der Waals surface area contributed by atoms with Crippen molar-refractivity contribution in [3.05, 3.63) is 29.3 Å². The van der Waals surface area contributed by atoms with Crippen molar-refractivity contribution in [1.82, 2.24) is 0 Å². The molecule has 20 heavy (non-hydrogen) atoms. The van der Waals surface area contributed by atoms with Gasteiger partial charge >= 0.3 is 6.18 Å². The maximum atomic E-state index is 12.8. The lowest BCUT2D eigenvalue weighted by Gasteiger charge is -2.43. The fourth-order valence-corrected chi connectivity index (χ4v) is 3.31. The van der Waals surface area contributed by atoms with Gasteiger partial charge in [0.25, 0.3) is 0 Å². The molecular formula is C15H17F3O2. The number of aliphatic hydroxyl groups excluding tert-OH is 1. The number of rotatable bonds is 0. The summed E-state index contributed by atoms with van der Waals surface area (Å²) in [7, 11) is 0. The predicted molar refractivity (Wildman–Crippen MR) is 67.5 cm³/mol. The Morgan fingerprint density at radius 1 is 1.15 bits per heavy atom. The molecule has 2 aliphatic rings.